The fraction of sp³-hybridized carbons (Fsp3) is 0.400. The van der Waals surface area contributed by atoms with Crippen LogP contribution in [0.15, 0.2) is 42.6 Å². The zero-order valence-electron chi connectivity index (χ0n) is 20.7. The first kappa shape index (κ1) is 25.4. The van der Waals surface area contributed by atoms with Gasteiger partial charge in [-0.1, -0.05) is 23.7 Å². The Morgan fingerprint density at radius 2 is 1.84 bits per heavy atom. The number of para-hydroxylation sites is 1. The van der Waals surface area contributed by atoms with E-state index in [1.54, 1.807) is 30.5 Å². The van der Waals surface area contributed by atoms with E-state index < -0.39 is 0 Å². The number of hydrogen-bond donors (Lipinski definition) is 3. The van der Waals surface area contributed by atoms with Crippen molar-refractivity contribution in [2.24, 2.45) is 0 Å². The minimum atomic E-state index is -0.364. The van der Waals surface area contributed by atoms with E-state index in [0.29, 0.717) is 27.8 Å². The number of morpholine rings is 1. The normalized spacial score (nSPS) is 16.3. The molecule has 1 saturated heterocycles. The van der Waals surface area contributed by atoms with Gasteiger partial charge in [0.1, 0.15) is 5.82 Å². The SMILES string of the molecule is CONC(=O)c1ccccc1Nc1cc(Nc2cc3n(n2)CCN(CCN2CCOCC2)C3)ncc1Cl. The maximum absolute atomic E-state index is 12.3. The second-order valence-corrected chi connectivity index (χ2v) is 9.36. The number of fused-ring (bicyclic) bond motifs is 1. The largest absolute Gasteiger partial charge is 0.379 e. The number of hydroxylamine groups is 1. The molecule has 0 radical (unpaired) electrons. The molecule has 0 spiro atoms. The first-order chi connectivity index (χ1) is 18.1. The monoisotopic (exact) mass is 526 g/mol. The highest BCUT2D eigenvalue weighted by Crippen LogP contribution is 2.30. The lowest BCUT2D eigenvalue weighted by molar-refractivity contribution is 0.0318. The van der Waals surface area contributed by atoms with Crippen LogP contribution in [0.1, 0.15) is 16.1 Å². The predicted octanol–water partition coefficient (Wildman–Crippen LogP) is 2.86. The lowest BCUT2D eigenvalue weighted by atomic mass is 10.1. The van der Waals surface area contributed by atoms with Gasteiger partial charge in [0.05, 0.1) is 60.7 Å². The lowest BCUT2D eigenvalue weighted by Crippen LogP contribution is -2.43. The summed E-state index contributed by atoms with van der Waals surface area (Å²) in [7, 11) is 1.39. The van der Waals surface area contributed by atoms with E-state index in [9.17, 15) is 4.79 Å². The van der Waals surface area contributed by atoms with Gasteiger partial charge in [0.2, 0.25) is 0 Å². The maximum Gasteiger partial charge on any atom is 0.276 e. The van der Waals surface area contributed by atoms with Crippen LogP contribution in [0.3, 0.4) is 0 Å². The molecule has 1 amide bonds. The van der Waals surface area contributed by atoms with Gasteiger partial charge in [0.15, 0.2) is 5.82 Å². The molecule has 2 aliphatic rings. The number of aromatic nitrogens is 3. The van der Waals surface area contributed by atoms with Crippen molar-refractivity contribution in [1.29, 1.82) is 0 Å². The van der Waals surface area contributed by atoms with Crippen LogP contribution in [0.25, 0.3) is 0 Å². The summed E-state index contributed by atoms with van der Waals surface area (Å²) >= 11 is 6.41. The Balaban J connectivity index is 1.24. The third-order valence-electron chi connectivity index (χ3n) is 6.46. The van der Waals surface area contributed by atoms with Gasteiger partial charge in [-0.15, -0.1) is 0 Å². The molecule has 0 saturated carbocycles. The van der Waals surface area contributed by atoms with E-state index in [1.807, 2.05) is 10.7 Å². The van der Waals surface area contributed by atoms with Crippen molar-refractivity contribution in [3.05, 3.63) is 58.9 Å². The number of anilines is 4. The van der Waals surface area contributed by atoms with E-state index in [-0.39, 0.29) is 5.91 Å². The number of carbonyl (C=O) groups is 1. The van der Waals surface area contributed by atoms with Crippen molar-refractivity contribution >= 4 is 40.5 Å². The molecule has 12 heteroatoms. The van der Waals surface area contributed by atoms with E-state index in [1.165, 1.54) is 12.8 Å². The zero-order chi connectivity index (χ0) is 25.6. The van der Waals surface area contributed by atoms with Crippen LogP contribution in [0.5, 0.6) is 0 Å². The number of halogens is 1. The minimum Gasteiger partial charge on any atom is -0.379 e. The Morgan fingerprint density at radius 3 is 2.68 bits per heavy atom. The van der Waals surface area contributed by atoms with Gasteiger partial charge >= 0.3 is 0 Å². The lowest BCUT2D eigenvalue weighted by Gasteiger charge is -2.32. The highest BCUT2D eigenvalue weighted by molar-refractivity contribution is 6.33. The molecule has 11 nitrogen and oxygen atoms in total. The first-order valence-electron chi connectivity index (χ1n) is 12.3. The molecule has 37 heavy (non-hydrogen) atoms. The number of rotatable bonds is 9. The van der Waals surface area contributed by atoms with Gasteiger partial charge in [-0.25, -0.2) is 10.5 Å². The fourth-order valence-electron chi connectivity index (χ4n) is 4.50. The number of hydrogen-bond acceptors (Lipinski definition) is 9. The van der Waals surface area contributed by atoms with Crippen molar-refractivity contribution in [3.8, 4) is 0 Å². The van der Waals surface area contributed by atoms with E-state index in [2.05, 4.69) is 37.0 Å². The van der Waals surface area contributed by atoms with Crippen molar-refractivity contribution in [2.45, 2.75) is 13.1 Å². The van der Waals surface area contributed by atoms with Crippen LogP contribution < -0.4 is 16.1 Å². The molecule has 1 aromatic carbocycles. The Kier molecular flexibility index (Phi) is 8.17. The van der Waals surface area contributed by atoms with Crippen LogP contribution >= 0.6 is 11.6 Å². The smallest absolute Gasteiger partial charge is 0.276 e. The number of pyridine rings is 1. The Bertz CT molecular complexity index is 1230. The van der Waals surface area contributed by atoms with Crippen LogP contribution in [0.2, 0.25) is 5.02 Å². The molecule has 196 valence electrons. The Labute approximate surface area is 220 Å². The average Bonchev–Trinajstić information content (AvgIpc) is 3.32. The summed E-state index contributed by atoms with van der Waals surface area (Å²) in [6, 6.07) is 11.0. The third-order valence-corrected chi connectivity index (χ3v) is 6.76. The molecular formula is C25H31ClN8O3. The van der Waals surface area contributed by atoms with Crippen LogP contribution in [0, 0.1) is 0 Å². The van der Waals surface area contributed by atoms with Crippen molar-refractivity contribution in [3.63, 3.8) is 0 Å². The summed E-state index contributed by atoms with van der Waals surface area (Å²) in [5.41, 5.74) is 5.13. The van der Waals surface area contributed by atoms with Gasteiger partial charge in [-0.2, -0.15) is 5.10 Å². The van der Waals surface area contributed by atoms with Crippen molar-refractivity contribution in [2.75, 3.05) is 63.7 Å². The van der Waals surface area contributed by atoms with Gasteiger partial charge in [-0.3, -0.25) is 24.1 Å². The summed E-state index contributed by atoms with van der Waals surface area (Å²) in [6.07, 6.45) is 1.56. The van der Waals surface area contributed by atoms with Gasteiger partial charge < -0.3 is 15.4 Å². The second kappa shape index (κ2) is 11.9. The highest BCUT2D eigenvalue weighted by atomic mass is 35.5. The van der Waals surface area contributed by atoms with Crippen molar-refractivity contribution < 1.29 is 14.4 Å². The number of nitrogens with zero attached hydrogens (tertiary/aromatic N) is 5. The molecule has 4 heterocycles. The molecular weight excluding hydrogens is 496 g/mol. The Morgan fingerprint density at radius 1 is 1.03 bits per heavy atom. The first-order valence-corrected chi connectivity index (χ1v) is 12.7. The molecule has 3 aromatic rings. The van der Waals surface area contributed by atoms with E-state index in [4.69, 9.17) is 26.3 Å². The molecule has 0 bridgehead atoms. The van der Waals surface area contributed by atoms with Crippen LogP contribution in [0.4, 0.5) is 23.0 Å². The third kappa shape index (κ3) is 6.38. The van der Waals surface area contributed by atoms with Crippen LogP contribution in [-0.2, 0) is 22.7 Å². The molecule has 2 aromatic heterocycles. The van der Waals surface area contributed by atoms with Gasteiger partial charge in [0, 0.05) is 51.4 Å². The fourth-order valence-corrected chi connectivity index (χ4v) is 4.65. The number of benzene rings is 1. The number of ether oxygens (including phenoxy) is 1. The summed E-state index contributed by atoms with van der Waals surface area (Å²) in [6.45, 7) is 8.45. The molecule has 2 aliphatic heterocycles. The van der Waals surface area contributed by atoms with Gasteiger partial charge in [-0.05, 0) is 12.1 Å². The number of nitrogens with one attached hydrogen (secondary N) is 3. The number of amides is 1. The number of carbonyl (C=O) groups excluding carboxylic acids is 1. The summed E-state index contributed by atoms with van der Waals surface area (Å²) in [5.74, 6) is 0.952. The molecule has 0 aliphatic carbocycles. The molecule has 1 fully saturated rings. The van der Waals surface area contributed by atoms with E-state index >= 15 is 0 Å². The summed E-state index contributed by atoms with van der Waals surface area (Å²) in [4.78, 5) is 26.4. The molecule has 3 N–H and O–H groups in total. The standard InChI is InChI=1S/C25H31ClN8O3/c1-36-31-25(35)19-4-2-3-5-21(19)28-22-15-23(27-16-20(22)26)29-24-14-18-17-33(8-9-34(18)30-24)7-6-32-10-12-37-13-11-32/h2-5,14-16H,6-13,17H2,1H3,(H,31,35)(H2,27,28,29,30). The predicted molar refractivity (Wildman–Crippen MR) is 141 cm³/mol. The summed E-state index contributed by atoms with van der Waals surface area (Å²) in [5, 5.41) is 11.7. The summed E-state index contributed by atoms with van der Waals surface area (Å²) < 4.78 is 7.49. The highest BCUT2D eigenvalue weighted by Gasteiger charge is 2.20. The average molecular weight is 527 g/mol. The van der Waals surface area contributed by atoms with Crippen molar-refractivity contribution in [1.82, 2.24) is 30.0 Å². The van der Waals surface area contributed by atoms with Crippen LogP contribution in [-0.4, -0.2) is 83.5 Å². The quantitative estimate of drug-likeness (QED) is 0.363. The van der Waals surface area contributed by atoms with Gasteiger partial charge in [0.25, 0.3) is 5.91 Å². The second-order valence-electron chi connectivity index (χ2n) is 8.95. The van der Waals surface area contributed by atoms with E-state index in [0.717, 1.165) is 64.8 Å². The minimum absolute atomic E-state index is 0.364. The zero-order valence-corrected chi connectivity index (χ0v) is 21.5. The molecule has 0 atom stereocenters. The maximum atomic E-state index is 12.3. The Hall–Kier alpha value is -3.22. The topological polar surface area (TPSA) is 109 Å². The molecule has 0 unspecified atom stereocenters. The molecule has 5 rings (SSSR count).